The second kappa shape index (κ2) is 13.0. The molecule has 2 aliphatic carbocycles. The van der Waals surface area contributed by atoms with Gasteiger partial charge >= 0.3 is 0 Å². The van der Waals surface area contributed by atoms with Crippen molar-refractivity contribution in [3.63, 3.8) is 0 Å². The first-order valence-electron chi connectivity index (χ1n) is 16.7. The van der Waals surface area contributed by atoms with Crippen molar-refractivity contribution >= 4 is 40.0 Å². The minimum absolute atomic E-state index is 0.0138. The Morgan fingerprint density at radius 1 is 0.933 bits per heavy atom. The number of anilines is 3. The Morgan fingerprint density at radius 3 is 2.40 bits per heavy atom. The lowest BCUT2D eigenvalue weighted by Gasteiger charge is -2.40. The van der Waals surface area contributed by atoms with Crippen molar-refractivity contribution in [3.05, 3.63) is 59.0 Å². The van der Waals surface area contributed by atoms with Crippen molar-refractivity contribution in [2.75, 3.05) is 29.9 Å². The van der Waals surface area contributed by atoms with E-state index in [-0.39, 0.29) is 23.7 Å². The van der Waals surface area contributed by atoms with Crippen LogP contribution >= 0.6 is 11.5 Å². The number of rotatable bonds is 9. The summed E-state index contributed by atoms with van der Waals surface area (Å²) in [6, 6.07) is 10.8. The van der Waals surface area contributed by atoms with Gasteiger partial charge in [-0.1, -0.05) is 25.0 Å². The molecule has 7 rings (SSSR count). The van der Waals surface area contributed by atoms with Gasteiger partial charge in [-0.05, 0) is 113 Å². The van der Waals surface area contributed by atoms with Crippen LogP contribution in [0.1, 0.15) is 115 Å². The molecule has 4 heterocycles. The lowest BCUT2D eigenvalue weighted by molar-refractivity contribution is 0.0923. The summed E-state index contributed by atoms with van der Waals surface area (Å²) in [5, 5.41) is 7.40. The summed E-state index contributed by atoms with van der Waals surface area (Å²) in [6.45, 7) is 5.15. The molecule has 11 heteroatoms. The zero-order valence-corrected chi connectivity index (χ0v) is 26.9. The molecule has 238 valence electrons. The molecule has 0 spiro atoms. The summed E-state index contributed by atoms with van der Waals surface area (Å²) in [5.41, 5.74) is 8.92. The standard InChI is InChI=1S/C34H44N8O2S/c1-21-27(37-34(44)25-12-10-23(11-13-25)22-8-9-22)7-4-16-42(21)29-20-36-31(32(35)43)33(38-29)39-30-19-28(40-45-30)24-14-17-41(18-15-24)26-5-2-3-6-26/h10-13,19-22,24,26-27H,2-9,14-18H2,1H3,(H2,35,43)(H,37,44)(H,38,39)/t21-,27-/m1/s1. The lowest BCUT2D eigenvalue weighted by Crippen LogP contribution is -2.54. The van der Waals surface area contributed by atoms with Gasteiger partial charge in [0.15, 0.2) is 11.5 Å². The average molecular weight is 629 g/mol. The number of carbonyl (C=O) groups is 2. The van der Waals surface area contributed by atoms with Gasteiger partial charge < -0.3 is 26.2 Å². The first-order chi connectivity index (χ1) is 21.9. The molecular formula is C34H44N8O2S. The Bertz CT molecular complexity index is 1510. The largest absolute Gasteiger partial charge is 0.364 e. The second-order valence-corrected chi connectivity index (χ2v) is 14.1. The minimum Gasteiger partial charge on any atom is -0.364 e. The molecule has 4 N–H and O–H groups in total. The summed E-state index contributed by atoms with van der Waals surface area (Å²) < 4.78 is 4.78. The van der Waals surface area contributed by atoms with Crippen LogP contribution in [0.5, 0.6) is 0 Å². The van der Waals surface area contributed by atoms with Gasteiger partial charge in [0.2, 0.25) is 0 Å². The Morgan fingerprint density at radius 2 is 1.69 bits per heavy atom. The van der Waals surface area contributed by atoms with E-state index in [1.165, 1.54) is 55.6 Å². The van der Waals surface area contributed by atoms with Crippen molar-refractivity contribution in [2.24, 2.45) is 5.73 Å². The van der Waals surface area contributed by atoms with E-state index in [0.717, 1.165) is 62.1 Å². The number of nitrogens with two attached hydrogens (primary N) is 1. The van der Waals surface area contributed by atoms with Crippen LogP contribution in [-0.4, -0.2) is 68.8 Å². The predicted octanol–water partition coefficient (Wildman–Crippen LogP) is 5.56. The van der Waals surface area contributed by atoms with Gasteiger partial charge in [0.25, 0.3) is 11.8 Å². The number of piperidine rings is 2. The van der Waals surface area contributed by atoms with E-state index >= 15 is 0 Å². The molecule has 2 atom stereocenters. The summed E-state index contributed by atoms with van der Waals surface area (Å²) in [6.07, 6.45) is 13.5. The Hall–Kier alpha value is -3.57. The fourth-order valence-corrected chi connectivity index (χ4v) is 8.23. The summed E-state index contributed by atoms with van der Waals surface area (Å²) >= 11 is 1.38. The van der Waals surface area contributed by atoms with Crippen LogP contribution in [0.25, 0.3) is 0 Å². The SMILES string of the molecule is C[C@@H]1[C@H](NC(=O)c2ccc(C3CC3)cc2)CCCN1c1cnc(C(N)=O)c(Nc2cc(C3CCN(C4CCCC4)CC3)ns2)n1. The number of benzene rings is 1. The summed E-state index contributed by atoms with van der Waals surface area (Å²) in [4.78, 5) is 39.6. The van der Waals surface area contributed by atoms with E-state index in [9.17, 15) is 9.59 Å². The molecule has 2 saturated carbocycles. The second-order valence-electron chi connectivity index (χ2n) is 13.3. The fourth-order valence-electron chi connectivity index (χ4n) is 7.51. The summed E-state index contributed by atoms with van der Waals surface area (Å²) in [7, 11) is 0. The highest BCUT2D eigenvalue weighted by Gasteiger charge is 2.32. The smallest absolute Gasteiger partial charge is 0.271 e. The van der Waals surface area contributed by atoms with Gasteiger partial charge in [-0.15, -0.1) is 0 Å². The number of aromatic nitrogens is 3. The van der Waals surface area contributed by atoms with Gasteiger partial charge in [-0.25, -0.2) is 9.97 Å². The normalized spacial score (nSPS) is 23.3. The predicted molar refractivity (Wildman–Crippen MR) is 177 cm³/mol. The number of carbonyl (C=O) groups excluding carboxylic acids is 2. The van der Waals surface area contributed by atoms with Gasteiger partial charge in [-0.3, -0.25) is 9.59 Å². The number of nitrogens with zero attached hydrogens (tertiary/aromatic N) is 5. The fraction of sp³-hybridized carbons (Fsp3) is 0.559. The number of hydrogen-bond acceptors (Lipinski definition) is 9. The number of hydrogen-bond donors (Lipinski definition) is 3. The first kappa shape index (κ1) is 30.1. The van der Waals surface area contributed by atoms with Crippen molar-refractivity contribution in [3.8, 4) is 0 Å². The van der Waals surface area contributed by atoms with Gasteiger partial charge in [0.05, 0.1) is 11.9 Å². The topological polar surface area (TPSA) is 129 Å². The zero-order valence-electron chi connectivity index (χ0n) is 26.1. The number of likely N-dealkylation sites (tertiary alicyclic amines) is 1. The van der Waals surface area contributed by atoms with E-state index in [0.29, 0.717) is 29.0 Å². The number of amides is 2. The molecule has 0 radical (unpaired) electrons. The minimum atomic E-state index is -0.634. The van der Waals surface area contributed by atoms with Gasteiger partial charge in [0.1, 0.15) is 10.8 Å². The third kappa shape index (κ3) is 6.70. The highest BCUT2D eigenvalue weighted by Crippen LogP contribution is 2.40. The van der Waals surface area contributed by atoms with Gasteiger partial charge in [0, 0.05) is 36.2 Å². The monoisotopic (exact) mass is 628 g/mol. The van der Waals surface area contributed by atoms with Crippen molar-refractivity contribution < 1.29 is 9.59 Å². The van der Waals surface area contributed by atoms with Crippen LogP contribution < -0.4 is 21.3 Å². The van der Waals surface area contributed by atoms with Crippen LogP contribution in [0.15, 0.2) is 36.5 Å². The maximum Gasteiger partial charge on any atom is 0.271 e. The highest BCUT2D eigenvalue weighted by molar-refractivity contribution is 7.10. The first-order valence-corrected chi connectivity index (χ1v) is 17.5. The zero-order chi connectivity index (χ0) is 30.9. The van der Waals surface area contributed by atoms with Crippen LogP contribution in [0.3, 0.4) is 0 Å². The molecule has 0 bridgehead atoms. The number of nitrogens with one attached hydrogen (secondary N) is 2. The van der Waals surface area contributed by atoms with E-state index in [1.54, 1.807) is 6.20 Å². The van der Waals surface area contributed by atoms with E-state index in [2.05, 4.69) is 50.5 Å². The molecule has 1 aromatic carbocycles. The van der Waals surface area contributed by atoms with Crippen LogP contribution in [-0.2, 0) is 0 Å². The Kier molecular flexibility index (Phi) is 8.72. The van der Waals surface area contributed by atoms with Crippen LogP contribution in [0.2, 0.25) is 0 Å². The van der Waals surface area contributed by atoms with Crippen LogP contribution in [0.4, 0.5) is 16.6 Å². The number of primary amides is 1. The molecule has 0 unspecified atom stereocenters. The van der Waals surface area contributed by atoms with E-state index < -0.39 is 5.91 Å². The molecule has 4 aliphatic rings. The average Bonchev–Trinajstić information content (AvgIpc) is 3.55. The lowest BCUT2D eigenvalue weighted by atomic mass is 9.92. The molecule has 4 fully saturated rings. The molecule has 3 aromatic rings. The third-order valence-corrected chi connectivity index (χ3v) is 11.1. The van der Waals surface area contributed by atoms with Gasteiger partial charge in [-0.2, -0.15) is 4.37 Å². The molecular weight excluding hydrogens is 584 g/mol. The third-order valence-electron chi connectivity index (χ3n) is 10.4. The quantitative estimate of drug-likeness (QED) is 0.281. The van der Waals surface area contributed by atoms with Crippen LogP contribution in [0, 0.1) is 0 Å². The van der Waals surface area contributed by atoms with Crippen molar-refractivity contribution in [1.29, 1.82) is 0 Å². The van der Waals surface area contributed by atoms with E-state index in [4.69, 9.17) is 15.1 Å². The molecule has 2 saturated heterocycles. The Balaban J connectivity index is 1.02. The molecule has 45 heavy (non-hydrogen) atoms. The maximum atomic E-state index is 13.1. The molecule has 2 aliphatic heterocycles. The van der Waals surface area contributed by atoms with E-state index in [1.807, 2.05) is 12.1 Å². The highest BCUT2D eigenvalue weighted by atomic mass is 32.1. The summed E-state index contributed by atoms with van der Waals surface area (Å²) in [5.74, 6) is 1.40. The van der Waals surface area contributed by atoms with Crippen molar-refractivity contribution in [2.45, 2.75) is 101 Å². The Labute approximate surface area is 269 Å². The molecule has 2 amide bonds. The maximum absolute atomic E-state index is 13.1. The van der Waals surface area contributed by atoms with Crippen molar-refractivity contribution in [1.82, 2.24) is 24.6 Å². The molecule has 2 aromatic heterocycles. The molecule has 10 nitrogen and oxygen atoms in total.